The first-order chi connectivity index (χ1) is 15.0. The number of carbonyl (C=O) groups excluding carboxylic acids is 1. The molecule has 0 radical (unpaired) electrons. The first-order valence-electron chi connectivity index (χ1n) is 9.86. The number of esters is 1. The molecule has 1 N–H and O–H groups in total. The van der Waals surface area contributed by atoms with Crippen molar-refractivity contribution in [3.8, 4) is 16.9 Å². The Morgan fingerprint density at radius 2 is 1.94 bits per heavy atom. The van der Waals surface area contributed by atoms with E-state index in [4.69, 9.17) is 4.74 Å². The third kappa shape index (κ3) is 3.96. The number of rotatable bonds is 6. The van der Waals surface area contributed by atoms with Crippen LogP contribution < -0.4 is 0 Å². The topological polar surface area (TPSA) is 81.4 Å². The quantitative estimate of drug-likeness (QED) is 0.454. The molecule has 1 unspecified atom stereocenters. The average molecular weight is 435 g/mol. The van der Waals surface area contributed by atoms with Gasteiger partial charge in [0.2, 0.25) is 0 Å². The number of fused-ring (bicyclic) bond motifs is 1. The summed E-state index contributed by atoms with van der Waals surface area (Å²) in [5.74, 6) is -0.319. The number of ether oxygens (including phenoxy) is 1. The lowest BCUT2D eigenvalue weighted by Gasteiger charge is -2.08. The first kappa shape index (κ1) is 20.8. The number of hydrogen-bond acceptors (Lipinski definition) is 5. The van der Waals surface area contributed by atoms with Gasteiger partial charge in [0.05, 0.1) is 28.7 Å². The van der Waals surface area contributed by atoms with E-state index < -0.39 is 16.8 Å². The molecule has 2 aromatic heterocycles. The minimum absolute atomic E-state index is 0.0346. The van der Waals surface area contributed by atoms with Crippen molar-refractivity contribution in [2.24, 2.45) is 7.05 Å². The van der Waals surface area contributed by atoms with E-state index in [-0.39, 0.29) is 18.1 Å². The minimum Gasteiger partial charge on any atom is -0.507 e. The van der Waals surface area contributed by atoms with Crippen LogP contribution in [0.1, 0.15) is 23.0 Å². The first-order valence-corrected chi connectivity index (χ1v) is 11.2. The van der Waals surface area contributed by atoms with Crippen LogP contribution in [-0.4, -0.2) is 31.4 Å². The Labute approximate surface area is 182 Å². The van der Waals surface area contributed by atoms with Gasteiger partial charge in [-0.05, 0) is 37.3 Å². The van der Waals surface area contributed by atoms with Crippen molar-refractivity contribution in [3.05, 3.63) is 78.2 Å². The zero-order valence-electron chi connectivity index (χ0n) is 17.2. The summed E-state index contributed by atoms with van der Waals surface area (Å²) in [4.78, 5) is 17.7. The molecule has 158 valence electrons. The lowest BCUT2D eigenvalue weighted by Crippen LogP contribution is -2.11. The summed E-state index contributed by atoms with van der Waals surface area (Å²) in [5.41, 5.74) is 3.03. The van der Waals surface area contributed by atoms with Gasteiger partial charge in [0, 0.05) is 52.1 Å². The van der Waals surface area contributed by atoms with Gasteiger partial charge in [-0.1, -0.05) is 24.3 Å². The Morgan fingerprint density at radius 3 is 2.61 bits per heavy atom. The van der Waals surface area contributed by atoms with Crippen molar-refractivity contribution in [2.75, 3.05) is 6.61 Å². The highest BCUT2D eigenvalue weighted by Crippen LogP contribution is 2.37. The molecule has 0 aliphatic rings. The zero-order chi connectivity index (χ0) is 22.0. The molecule has 0 bridgehead atoms. The number of aromatic hydroxyl groups is 1. The van der Waals surface area contributed by atoms with Crippen LogP contribution in [0.4, 0.5) is 0 Å². The molecule has 4 aromatic rings. The predicted octanol–water partition coefficient (Wildman–Crippen LogP) is 4.43. The van der Waals surface area contributed by atoms with Crippen molar-refractivity contribution in [3.63, 3.8) is 0 Å². The van der Waals surface area contributed by atoms with Crippen LogP contribution in [0.5, 0.6) is 5.75 Å². The van der Waals surface area contributed by atoms with Crippen molar-refractivity contribution < 1.29 is 18.8 Å². The fraction of sp³-hybridized carbons (Fsp3) is 0.167. The standard InChI is InChI=1S/C24H22N2O4S/c1-3-30-24(28)23-19-13-22(27)18(16-8-7-11-25-14-16)12-20(19)26(2)21(23)15-31(29)17-9-5-4-6-10-17/h4-14,27H,3,15H2,1-2H3. The molecule has 31 heavy (non-hydrogen) atoms. The summed E-state index contributed by atoms with van der Waals surface area (Å²) < 4.78 is 20.2. The van der Waals surface area contributed by atoms with Gasteiger partial charge >= 0.3 is 5.97 Å². The largest absolute Gasteiger partial charge is 0.507 e. The van der Waals surface area contributed by atoms with Crippen molar-refractivity contribution in [2.45, 2.75) is 17.6 Å². The molecule has 4 rings (SSSR count). The van der Waals surface area contributed by atoms with Gasteiger partial charge < -0.3 is 14.4 Å². The third-order valence-corrected chi connectivity index (χ3v) is 6.50. The Bertz CT molecular complexity index is 1270. The maximum atomic E-state index is 13.0. The molecule has 2 heterocycles. The van der Waals surface area contributed by atoms with E-state index in [2.05, 4.69) is 4.98 Å². The van der Waals surface area contributed by atoms with Gasteiger partial charge in [-0.25, -0.2) is 4.79 Å². The molecule has 6 nitrogen and oxygen atoms in total. The molecule has 0 saturated carbocycles. The van der Waals surface area contributed by atoms with Gasteiger partial charge in [0.15, 0.2) is 0 Å². The highest BCUT2D eigenvalue weighted by molar-refractivity contribution is 7.84. The van der Waals surface area contributed by atoms with E-state index in [1.165, 1.54) is 0 Å². The van der Waals surface area contributed by atoms with E-state index in [9.17, 15) is 14.1 Å². The SMILES string of the molecule is CCOC(=O)c1c(CS(=O)c2ccccc2)n(C)c2cc(-c3cccnc3)c(O)cc12. The molecule has 0 aliphatic carbocycles. The molecular weight excluding hydrogens is 412 g/mol. The van der Waals surface area contributed by atoms with Crippen LogP contribution in [0.15, 0.2) is 71.9 Å². The molecule has 0 aliphatic heterocycles. The molecule has 0 spiro atoms. The van der Waals surface area contributed by atoms with Gasteiger partial charge in [0.1, 0.15) is 5.75 Å². The normalized spacial score (nSPS) is 12.1. The number of aryl methyl sites for hydroxylation is 1. The Hall–Kier alpha value is -3.45. The molecule has 0 amide bonds. The molecule has 0 fully saturated rings. The number of phenols is 1. The highest BCUT2D eigenvalue weighted by Gasteiger charge is 2.25. The number of aromatic nitrogens is 2. The fourth-order valence-corrected chi connectivity index (χ4v) is 4.87. The molecule has 0 saturated heterocycles. The maximum absolute atomic E-state index is 13.0. The summed E-state index contributed by atoms with van der Waals surface area (Å²) in [7, 11) is 0.476. The smallest absolute Gasteiger partial charge is 0.340 e. The summed E-state index contributed by atoms with van der Waals surface area (Å²) in [6, 6.07) is 16.2. The minimum atomic E-state index is -1.35. The maximum Gasteiger partial charge on any atom is 0.340 e. The van der Waals surface area contributed by atoms with Crippen LogP contribution in [0, 0.1) is 0 Å². The zero-order valence-corrected chi connectivity index (χ0v) is 18.1. The van der Waals surface area contributed by atoms with E-state index >= 15 is 0 Å². The number of phenolic OH excluding ortho intramolecular Hbond substituents is 1. The van der Waals surface area contributed by atoms with E-state index in [1.54, 1.807) is 43.6 Å². The summed E-state index contributed by atoms with van der Waals surface area (Å²) >= 11 is 0. The van der Waals surface area contributed by atoms with Crippen molar-refractivity contribution >= 4 is 27.7 Å². The van der Waals surface area contributed by atoms with Gasteiger partial charge in [-0.3, -0.25) is 9.19 Å². The Morgan fingerprint density at radius 1 is 1.16 bits per heavy atom. The fourth-order valence-electron chi connectivity index (χ4n) is 3.66. The second kappa shape index (κ2) is 8.73. The number of benzene rings is 2. The Balaban J connectivity index is 1.89. The second-order valence-electron chi connectivity index (χ2n) is 7.03. The van der Waals surface area contributed by atoms with Crippen molar-refractivity contribution in [1.82, 2.24) is 9.55 Å². The Kier molecular flexibility index (Phi) is 5.86. The summed E-state index contributed by atoms with van der Waals surface area (Å²) in [6.45, 7) is 1.96. The van der Waals surface area contributed by atoms with Crippen LogP contribution in [0.2, 0.25) is 0 Å². The lowest BCUT2D eigenvalue weighted by atomic mass is 10.0. The van der Waals surface area contributed by atoms with Crippen LogP contribution in [-0.2, 0) is 28.3 Å². The van der Waals surface area contributed by atoms with E-state index in [0.29, 0.717) is 27.1 Å². The highest BCUT2D eigenvalue weighted by atomic mass is 32.2. The van der Waals surface area contributed by atoms with Crippen LogP contribution in [0.3, 0.4) is 0 Å². The molecule has 2 aromatic carbocycles. The number of nitrogens with zero attached hydrogens (tertiary/aromatic N) is 2. The number of pyridine rings is 1. The van der Waals surface area contributed by atoms with Gasteiger partial charge in [-0.2, -0.15) is 0 Å². The van der Waals surface area contributed by atoms with E-state index in [1.807, 2.05) is 41.9 Å². The second-order valence-corrected chi connectivity index (χ2v) is 8.48. The lowest BCUT2D eigenvalue weighted by molar-refractivity contribution is 0.0527. The third-order valence-electron chi connectivity index (χ3n) is 5.16. The van der Waals surface area contributed by atoms with E-state index in [0.717, 1.165) is 11.1 Å². The summed E-state index contributed by atoms with van der Waals surface area (Å²) in [6.07, 6.45) is 3.33. The van der Waals surface area contributed by atoms with Crippen LogP contribution >= 0.6 is 0 Å². The number of carbonyl (C=O) groups is 1. The van der Waals surface area contributed by atoms with Gasteiger partial charge in [0.25, 0.3) is 0 Å². The average Bonchev–Trinajstić information content (AvgIpc) is 3.05. The summed E-state index contributed by atoms with van der Waals surface area (Å²) in [5, 5.41) is 11.3. The predicted molar refractivity (Wildman–Crippen MR) is 120 cm³/mol. The van der Waals surface area contributed by atoms with Crippen LogP contribution in [0.25, 0.3) is 22.0 Å². The molecular formula is C24H22N2O4S. The monoisotopic (exact) mass is 434 g/mol. The van der Waals surface area contributed by atoms with Gasteiger partial charge in [-0.15, -0.1) is 0 Å². The number of hydrogen-bond donors (Lipinski definition) is 1. The molecule has 1 atom stereocenters. The van der Waals surface area contributed by atoms with Crippen molar-refractivity contribution in [1.29, 1.82) is 0 Å². The molecule has 7 heteroatoms.